The number of nitrogens with one attached hydrogen (secondary N) is 1. The smallest absolute Gasteiger partial charge is 0.167 e. The van der Waals surface area contributed by atoms with Gasteiger partial charge in [0.15, 0.2) is 23.3 Å². The number of amidine groups is 1. The van der Waals surface area contributed by atoms with Crippen LogP contribution >= 0.6 is 11.3 Å². The molecule has 0 aliphatic heterocycles. The van der Waals surface area contributed by atoms with Gasteiger partial charge < -0.3 is 8.98 Å². The van der Waals surface area contributed by atoms with E-state index in [0.29, 0.717) is 34.2 Å². The second kappa shape index (κ2) is 15.0. The molecule has 0 bridgehead atoms. The number of hydrogen-bond acceptors (Lipinski definition) is 6. The summed E-state index contributed by atoms with van der Waals surface area (Å²) in [5.74, 6) is 1.74. The molecular weight excluding hydrogens is 793 g/mol. The Morgan fingerprint density at radius 1 is 0.540 bits per heavy atom. The summed E-state index contributed by atoms with van der Waals surface area (Å²) in [5.41, 5.74) is 9.44. The third kappa shape index (κ3) is 6.31. The lowest BCUT2D eigenvalue weighted by molar-refractivity contribution is 0.669. The Labute approximate surface area is 365 Å². The van der Waals surface area contributed by atoms with Crippen molar-refractivity contribution in [2.45, 2.75) is 0 Å². The van der Waals surface area contributed by atoms with Crippen LogP contribution in [0.25, 0.3) is 93.7 Å². The number of rotatable bonds is 7. The molecule has 0 atom stereocenters. The maximum absolute atomic E-state index is 9.55. The lowest BCUT2D eigenvalue weighted by atomic mass is 10.0. The molecule has 0 radical (unpaired) electrons. The zero-order chi connectivity index (χ0) is 41.9. The van der Waals surface area contributed by atoms with Gasteiger partial charge in [0, 0.05) is 54.2 Å². The molecule has 0 amide bonds. The first-order chi connectivity index (χ1) is 31.1. The minimum absolute atomic E-state index is 0.142. The second-order valence-electron chi connectivity index (χ2n) is 15.4. The Morgan fingerprint density at radius 3 is 2.03 bits per heavy atom. The second-order valence-corrected chi connectivity index (χ2v) is 16.5. The number of para-hydroxylation sites is 3. The fraction of sp³-hybridized carbons (Fsp3) is 0. The molecule has 0 spiro atoms. The van der Waals surface area contributed by atoms with Crippen molar-refractivity contribution in [3.05, 3.63) is 216 Å². The number of benzene rings is 8. The van der Waals surface area contributed by atoms with Crippen molar-refractivity contribution in [2.24, 2.45) is 4.99 Å². The van der Waals surface area contributed by atoms with Crippen LogP contribution in [0.2, 0.25) is 0 Å². The van der Waals surface area contributed by atoms with E-state index in [0.717, 1.165) is 76.5 Å². The van der Waals surface area contributed by atoms with Gasteiger partial charge in [0.05, 0.1) is 27.2 Å². The fourth-order valence-electron chi connectivity index (χ4n) is 8.66. The molecule has 12 rings (SSSR count). The average molecular weight is 827 g/mol. The summed E-state index contributed by atoms with van der Waals surface area (Å²) in [6, 6.07) is 67.8. The van der Waals surface area contributed by atoms with Gasteiger partial charge in [-0.25, -0.2) is 19.9 Å². The van der Waals surface area contributed by atoms with Crippen LogP contribution < -0.4 is 0 Å². The highest BCUT2D eigenvalue weighted by atomic mass is 32.1. The van der Waals surface area contributed by atoms with Gasteiger partial charge in [0.1, 0.15) is 11.2 Å². The number of fused-ring (bicyclic) bond motifs is 7. The molecule has 296 valence electrons. The van der Waals surface area contributed by atoms with E-state index in [2.05, 4.69) is 95.6 Å². The highest BCUT2D eigenvalue weighted by Gasteiger charge is 2.22. The number of furan rings is 1. The van der Waals surface area contributed by atoms with E-state index < -0.39 is 0 Å². The van der Waals surface area contributed by atoms with Gasteiger partial charge in [-0.15, -0.1) is 11.3 Å². The van der Waals surface area contributed by atoms with Crippen LogP contribution in [0.15, 0.2) is 210 Å². The Balaban J connectivity index is 1.02. The predicted molar refractivity (Wildman–Crippen MR) is 258 cm³/mol. The zero-order valence-corrected chi connectivity index (χ0v) is 34.4. The van der Waals surface area contributed by atoms with Crippen LogP contribution in [-0.4, -0.2) is 31.1 Å². The number of thiophene rings is 1. The highest BCUT2D eigenvalue weighted by molar-refractivity contribution is 7.21. The third-order valence-corrected chi connectivity index (χ3v) is 12.7. The maximum atomic E-state index is 9.55. The Hall–Kier alpha value is -8.33. The van der Waals surface area contributed by atoms with Gasteiger partial charge in [-0.2, -0.15) is 0 Å². The summed E-state index contributed by atoms with van der Waals surface area (Å²) in [7, 11) is 0. The first kappa shape index (κ1) is 36.5. The van der Waals surface area contributed by atoms with E-state index in [1.807, 2.05) is 109 Å². The molecule has 0 fully saturated rings. The molecular formula is C55H34N6OS. The minimum atomic E-state index is 0.142. The van der Waals surface area contributed by atoms with Crippen molar-refractivity contribution in [3.8, 4) is 39.9 Å². The molecule has 4 aromatic heterocycles. The molecule has 63 heavy (non-hydrogen) atoms. The van der Waals surface area contributed by atoms with E-state index in [9.17, 15) is 5.41 Å². The van der Waals surface area contributed by atoms with Crippen LogP contribution in [0.5, 0.6) is 0 Å². The molecule has 12 aromatic rings. The first-order valence-electron chi connectivity index (χ1n) is 20.7. The molecule has 0 unspecified atom stereocenters. The molecule has 0 saturated heterocycles. The van der Waals surface area contributed by atoms with E-state index in [-0.39, 0.29) is 5.84 Å². The van der Waals surface area contributed by atoms with E-state index in [1.54, 1.807) is 11.3 Å². The summed E-state index contributed by atoms with van der Waals surface area (Å²) in [6.07, 6.45) is 0. The third-order valence-electron chi connectivity index (χ3n) is 11.6. The van der Waals surface area contributed by atoms with Gasteiger partial charge in [0.25, 0.3) is 0 Å². The monoisotopic (exact) mass is 826 g/mol. The molecule has 8 aromatic carbocycles. The zero-order valence-electron chi connectivity index (χ0n) is 33.6. The summed E-state index contributed by atoms with van der Waals surface area (Å²) < 4.78 is 10.2. The first-order valence-corrected chi connectivity index (χ1v) is 21.5. The van der Waals surface area contributed by atoms with Crippen LogP contribution in [0.1, 0.15) is 16.0 Å². The maximum Gasteiger partial charge on any atom is 0.167 e. The van der Waals surface area contributed by atoms with Crippen LogP contribution in [0.3, 0.4) is 0 Å². The summed E-state index contributed by atoms with van der Waals surface area (Å²) in [5, 5.41) is 14.6. The number of aromatic nitrogens is 4. The average Bonchev–Trinajstić information content (AvgIpc) is 4.06. The van der Waals surface area contributed by atoms with Gasteiger partial charge in [-0.1, -0.05) is 140 Å². The summed E-state index contributed by atoms with van der Waals surface area (Å²) in [4.78, 5) is 21.5. The van der Waals surface area contributed by atoms with Crippen molar-refractivity contribution < 1.29 is 4.42 Å². The predicted octanol–water partition coefficient (Wildman–Crippen LogP) is 13.9. The van der Waals surface area contributed by atoms with Gasteiger partial charge in [-0.05, 0) is 66.0 Å². The fourth-order valence-corrected chi connectivity index (χ4v) is 9.73. The normalized spacial score (nSPS) is 12.0. The van der Waals surface area contributed by atoms with Crippen LogP contribution in [0, 0.1) is 5.41 Å². The summed E-state index contributed by atoms with van der Waals surface area (Å²) >= 11 is 1.68. The molecule has 8 heteroatoms. The Kier molecular flexibility index (Phi) is 8.69. The SMILES string of the molecule is N=C(N=C(c1ccccc1)c1cc2ccccc2s1)c1cccc2oc3c(-c4nc(-c5ccccc5)nc(-c5ccc6c(c5)c5ccccc5n6-c5ccccc5)n4)cccc3c12. The Morgan fingerprint density at radius 2 is 1.21 bits per heavy atom. The van der Waals surface area contributed by atoms with Crippen molar-refractivity contribution in [3.63, 3.8) is 0 Å². The highest BCUT2D eigenvalue weighted by Crippen LogP contribution is 2.39. The van der Waals surface area contributed by atoms with E-state index in [1.165, 1.54) is 4.70 Å². The van der Waals surface area contributed by atoms with Crippen LogP contribution in [0.4, 0.5) is 0 Å². The molecule has 7 nitrogen and oxygen atoms in total. The van der Waals surface area contributed by atoms with Crippen molar-refractivity contribution >= 4 is 76.7 Å². The number of aliphatic imine (C=N–C) groups is 1. The minimum Gasteiger partial charge on any atom is -0.455 e. The summed E-state index contributed by atoms with van der Waals surface area (Å²) in [6.45, 7) is 0. The van der Waals surface area contributed by atoms with Gasteiger partial charge in [0.2, 0.25) is 0 Å². The van der Waals surface area contributed by atoms with Gasteiger partial charge >= 0.3 is 0 Å². The quantitative estimate of drug-likeness (QED) is 0.128. The lowest BCUT2D eigenvalue weighted by Gasteiger charge is -2.10. The largest absolute Gasteiger partial charge is 0.455 e. The van der Waals surface area contributed by atoms with E-state index >= 15 is 0 Å². The van der Waals surface area contributed by atoms with Crippen molar-refractivity contribution in [1.29, 1.82) is 5.41 Å². The Bertz CT molecular complexity index is 3720. The molecule has 4 heterocycles. The standard InChI is InChI=1S/C55H34N6OS/c56-52(57-50(34-16-4-1-5-17-34)48-33-36-20-10-13-29-47(36)63-48)41-25-15-28-46-49(41)40-24-14-26-42(51(40)62-46)55-59-53(35-18-6-2-7-19-35)58-54(60-55)37-30-31-45-43(32-37)39-23-11-12-27-44(39)61(45)38-21-8-3-9-22-38/h1-33,56H. The lowest BCUT2D eigenvalue weighted by Crippen LogP contribution is -2.06. The van der Waals surface area contributed by atoms with Crippen LogP contribution in [-0.2, 0) is 0 Å². The molecule has 0 aliphatic rings. The molecule has 1 N–H and O–H groups in total. The van der Waals surface area contributed by atoms with Gasteiger partial charge in [-0.3, -0.25) is 5.41 Å². The van der Waals surface area contributed by atoms with Crippen molar-refractivity contribution in [2.75, 3.05) is 0 Å². The molecule has 0 aliphatic carbocycles. The topological polar surface area (TPSA) is 93.0 Å². The number of hydrogen-bond donors (Lipinski definition) is 1. The van der Waals surface area contributed by atoms with Crippen molar-refractivity contribution in [1.82, 2.24) is 19.5 Å². The number of nitrogens with zero attached hydrogens (tertiary/aromatic N) is 5. The van der Waals surface area contributed by atoms with E-state index in [4.69, 9.17) is 24.4 Å². The molecule has 0 saturated carbocycles.